The zero-order chi connectivity index (χ0) is 20.4. The number of aryl methyl sites for hydroxylation is 1. The van der Waals surface area contributed by atoms with Crippen molar-refractivity contribution in [1.29, 1.82) is 0 Å². The molecule has 0 aromatic heterocycles. The third-order valence-electron chi connectivity index (χ3n) is 5.46. The fraction of sp³-hybridized carbons (Fsp3) is 0.261. The molecule has 1 heterocycles. The van der Waals surface area contributed by atoms with Crippen LogP contribution in [0, 0.1) is 6.92 Å². The van der Waals surface area contributed by atoms with Crippen molar-refractivity contribution in [3.63, 3.8) is 0 Å². The first-order chi connectivity index (χ1) is 13.9. The van der Waals surface area contributed by atoms with E-state index in [2.05, 4.69) is 4.72 Å². The lowest BCUT2D eigenvalue weighted by Gasteiger charge is -2.32. The van der Waals surface area contributed by atoms with Crippen LogP contribution < -0.4 is 4.72 Å². The minimum atomic E-state index is -3.55. The maximum atomic E-state index is 13.0. The molecule has 5 nitrogen and oxygen atoms in total. The Bertz CT molecular complexity index is 1130. The van der Waals surface area contributed by atoms with E-state index >= 15 is 0 Å². The zero-order valence-electron chi connectivity index (χ0n) is 16.3. The minimum absolute atomic E-state index is 0.00152. The Labute approximate surface area is 171 Å². The van der Waals surface area contributed by atoms with Gasteiger partial charge in [-0.3, -0.25) is 4.79 Å². The van der Waals surface area contributed by atoms with E-state index in [0.717, 1.165) is 16.3 Å². The highest BCUT2D eigenvalue weighted by atomic mass is 32.2. The lowest BCUT2D eigenvalue weighted by Crippen LogP contribution is -2.46. The summed E-state index contributed by atoms with van der Waals surface area (Å²) < 4.78 is 28.0. The van der Waals surface area contributed by atoms with E-state index in [9.17, 15) is 13.2 Å². The van der Waals surface area contributed by atoms with Gasteiger partial charge in [-0.05, 0) is 48.7 Å². The number of carbonyl (C=O) groups is 1. The number of rotatable bonds is 4. The topological polar surface area (TPSA) is 66.5 Å². The van der Waals surface area contributed by atoms with Crippen molar-refractivity contribution in [3.05, 3.63) is 77.9 Å². The van der Waals surface area contributed by atoms with Gasteiger partial charge in [0, 0.05) is 24.7 Å². The Balaban J connectivity index is 1.43. The average molecular weight is 409 g/mol. The lowest BCUT2D eigenvalue weighted by atomic mass is 10.0. The highest BCUT2D eigenvalue weighted by Gasteiger charge is 2.27. The maximum Gasteiger partial charge on any atom is 0.254 e. The Morgan fingerprint density at radius 1 is 0.931 bits per heavy atom. The molecule has 29 heavy (non-hydrogen) atoms. The van der Waals surface area contributed by atoms with Crippen molar-refractivity contribution >= 4 is 26.7 Å². The van der Waals surface area contributed by atoms with Crippen LogP contribution in [0.3, 0.4) is 0 Å². The highest BCUT2D eigenvalue weighted by Crippen LogP contribution is 2.22. The number of fused-ring (bicyclic) bond motifs is 1. The lowest BCUT2D eigenvalue weighted by molar-refractivity contribution is 0.0713. The normalized spacial score (nSPS) is 15.6. The van der Waals surface area contributed by atoms with Crippen molar-refractivity contribution in [3.8, 4) is 0 Å². The van der Waals surface area contributed by atoms with E-state index in [0.29, 0.717) is 31.5 Å². The predicted molar refractivity (Wildman–Crippen MR) is 114 cm³/mol. The fourth-order valence-corrected chi connectivity index (χ4v) is 5.09. The monoisotopic (exact) mass is 408 g/mol. The van der Waals surface area contributed by atoms with Gasteiger partial charge in [0.1, 0.15) is 0 Å². The number of piperidine rings is 1. The van der Waals surface area contributed by atoms with Crippen LogP contribution in [0.15, 0.2) is 71.6 Å². The van der Waals surface area contributed by atoms with Crippen LogP contribution in [-0.4, -0.2) is 38.4 Å². The van der Waals surface area contributed by atoms with E-state index in [1.165, 1.54) is 0 Å². The van der Waals surface area contributed by atoms with Gasteiger partial charge in [0.25, 0.3) is 5.91 Å². The average Bonchev–Trinajstić information content (AvgIpc) is 2.73. The number of hydrogen-bond acceptors (Lipinski definition) is 3. The Hall–Kier alpha value is -2.70. The second kappa shape index (κ2) is 7.97. The molecule has 1 amide bonds. The first-order valence-corrected chi connectivity index (χ1v) is 11.3. The largest absolute Gasteiger partial charge is 0.339 e. The van der Waals surface area contributed by atoms with Crippen LogP contribution in [0.2, 0.25) is 0 Å². The van der Waals surface area contributed by atoms with Crippen molar-refractivity contribution in [2.24, 2.45) is 0 Å². The number of likely N-dealkylation sites (tertiary alicyclic amines) is 1. The van der Waals surface area contributed by atoms with Crippen LogP contribution in [0.4, 0.5) is 0 Å². The third kappa shape index (κ3) is 4.18. The molecule has 3 aromatic carbocycles. The van der Waals surface area contributed by atoms with Crippen LogP contribution in [0.25, 0.3) is 10.8 Å². The molecule has 1 saturated heterocycles. The van der Waals surface area contributed by atoms with Crippen LogP contribution in [-0.2, 0) is 10.0 Å². The summed E-state index contributed by atoms with van der Waals surface area (Å²) in [5.74, 6) is 0.00152. The summed E-state index contributed by atoms with van der Waals surface area (Å²) in [6.45, 7) is 2.98. The maximum absolute atomic E-state index is 13.0. The van der Waals surface area contributed by atoms with E-state index in [4.69, 9.17) is 0 Å². The van der Waals surface area contributed by atoms with Gasteiger partial charge in [0.15, 0.2) is 0 Å². The number of carbonyl (C=O) groups excluding carboxylic acids is 1. The molecular weight excluding hydrogens is 384 g/mol. The summed E-state index contributed by atoms with van der Waals surface area (Å²) in [5, 5.41) is 1.99. The molecule has 0 saturated carbocycles. The van der Waals surface area contributed by atoms with Gasteiger partial charge in [0.05, 0.1) is 4.90 Å². The van der Waals surface area contributed by atoms with Crippen molar-refractivity contribution in [2.75, 3.05) is 13.1 Å². The van der Waals surface area contributed by atoms with E-state index < -0.39 is 10.0 Å². The fourth-order valence-electron chi connectivity index (χ4n) is 3.79. The molecule has 0 radical (unpaired) electrons. The number of hydrogen-bond donors (Lipinski definition) is 1. The van der Waals surface area contributed by atoms with Crippen molar-refractivity contribution in [2.45, 2.75) is 30.7 Å². The Morgan fingerprint density at radius 3 is 2.31 bits per heavy atom. The third-order valence-corrected chi connectivity index (χ3v) is 6.99. The second-order valence-electron chi connectivity index (χ2n) is 7.53. The summed E-state index contributed by atoms with van der Waals surface area (Å²) in [5.41, 5.74) is 1.71. The SMILES string of the molecule is Cc1ccc(S(=O)(=O)NC2CCN(C(=O)c3cccc4ccccc34)CC2)cc1. The number of nitrogens with one attached hydrogen (secondary N) is 1. The van der Waals surface area contributed by atoms with Crippen LogP contribution >= 0.6 is 0 Å². The number of nitrogens with zero attached hydrogens (tertiary/aromatic N) is 1. The summed E-state index contributed by atoms with van der Waals surface area (Å²) in [4.78, 5) is 15.1. The van der Waals surface area contributed by atoms with Gasteiger partial charge in [-0.25, -0.2) is 13.1 Å². The molecular formula is C23H24N2O3S. The van der Waals surface area contributed by atoms with Gasteiger partial charge in [-0.1, -0.05) is 54.1 Å². The zero-order valence-corrected chi connectivity index (χ0v) is 17.2. The summed E-state index contributed by atoms with van der Waals surface area (Å²) in [6, 6.07) is 20.3. The molecule has 3 aromatic rings. The van der Waals surface area contributed by atoms with E-state index in [1.807, 2.05) is 54.3 Å². The second-order valence-corrected chi connectivity index (χ2v) is 9.24. The van der Waals surface area contributed by atoms with Crippen molar-refractivity contribution in [1.82, 2.24) is 9.62 Å². The molecule has 1 fully saturated rings. The molecule has 0 aliphatic carbocycles. The van der Waals surface area contributed by atoms with Gasteiger partial charge >= 0.3 is 0 Å². The molecule has 0 spiro atoms. The van der Waals surface area contributed by atoms with Crippen molar-refractivity contribution < 1.29 is 13.2 Å². The predicted octanol–water partition coefficient (Wildman–Crippen LogP) is 3.73. The molecule has 0 atom stereocenters. The summed E-state index contributed by atoms with van der Waals surface area (Å²) in [6.07, 6.45) is 1.20. The molecule has 1 N–H and O–H groups in total. The van der Waals surface area contributed by atoms with E-state index in [-0.39, 0.29) is 16.8 Å². The van der Waals surface area contributed by atoms with Gasteiger partial charge in [-0.15, -0.1) is 0 Å². The first kappa shape index (κ1) is 19.6. The molecule has 6 heteroatoms. The van der Waals surface area contributed by atoms with Crippen LogP contribution in [0.1, 0.15) is 28.8 Å². The van der Waals surface area contributed by atoms with Gasteiger partial charge < -0.3 is 4.90 Å². The number of amides is 1. The minimum Gasteiger partial charge on any atom is -0.339 e. The Kier molecular flexibility index (Phi) is 5.39. The van der Waals surface area contributed by atoms with Gasteiger partial charge in [0.2, 0.25) is 10.0 Å². The van der Waals surface area contributed by atoms with E-state index in [1.54, 1.807) is 24.3 Å². The Morgan fingerprint density at radius 2 is 1.59 bits per heavy atom. The number of benzene rings is 3. The molecule has 0 unspecified atom stereocenters. The first-order valence-electron chi connectivity index (χ1n) is 9.80. The standard InChI is InChI=1S/C23H24N2O3S/c1-17-9-11-20(12-10-17)29(27,28)24-19-13-15-25(16-14-19)23(26)22-8-4-6-18-5-2-3-7-21(18)22/h2-12,19,24H,13-16H2,1H3. The molecule has 0 bridgehead atoms. The molecule has 4 rings (SSSR count). The highest BCUT2D eigenvalue weighted by molar-refractivity contribution is 7.89. The number of sulfonamides is 1. The van der Waals surface area contributed by atoms with Gasteiger partial charge in [-0.2, -0.15) is 0 Å². The smallest absolute Gasteiger partial charge is 0.254 e. The molecule has 150 valence electrons. The molecule has 1 aliphatic rings. The quantitative estimate of drug-likeness (QED) is 0.715. The van der Waals surface area contributed by atoms with Crippen LogP contribution in [0.5, 0.6) is 0 Å². The summed E-state index contributed by atoms with van der Waals surface area (Å²) >= 11 is 0. The summed E-state index contributed by atoms with van der Waals surface area (Å²) in [7, 11) is -3.55. The molecule has 1 aliphatic heterocycles.